The fraction of sp³-hybridized carbons (Fsp3) is 0.571. The number of alkyl halides is 1. The van der Waals surface area contributed by atoms with Crippen LogP contribution in [-0.2, 0) is 5.88 Å². The van der Waals surface area contributed by atoms with Crippen LogP contribution in [0.1, 0.15) is 32.3 Å². The van der Waals surface area contributed by atoms with Gasteiger partial charge in [0.2, 0.25) is 0 Å². The van der Waals surface area contributed by atoms with Crippen molar-refractivity contribution < 1.29 is 0 Å². The van der Waals surface area contributed by atoms with Crippen molar-refractivity contribution in [2.75, 3.05) is 18.0 Å². The molecule has 3 heteroatoms. The van der Waals surface area contributed by atoms with E-state index >= 15 is 0 Å². The predicted molar refractivity (Wildman–Crippen MR) is 78.9 cm³/mol. The van der Waals surface area contributed by atoms with E-state index in [1.54, 1.807) is 0 Å². The summed E-state index contributed by atoms with van der Waals surface area (Å²) in [6.45, 7) is 7.02. The first-order valence-corrected chi connectivity index (χ1v) is 7.44. The Morgan fingerprint density at radius 3 is 2.47 bits per heavy atom. The minimum Gasteiger partial charge on any atom is -0.371 e. The van der Waals surface area contributed by atoms with Crippen molar-refractivity contribution in [1.82, 2.24) is 0 Å². The number of piperidine rings is 1. The smallest absolute Gasteiger partial charge is 0.0485 e. The van der Waals surface area contributed by atoms with Crippen molar-refractivity contribution in [3.05, 3.63) is 28.2 Å². The molecule has 0 spiro atoms. The number of halogens is 2. The Balaban J connectivity index is 2.11. The van der Waals surface area contributed by atoms with Crippen molar-refractivity contribution in [1.29, 1.82) is 0 Å². The molecular weight excluding hydrogens is 298 g/mol. The van der Waals surface area contributed by atoms with Gasteiger partial charge in [0.1, 0.15) is 0 Å². The molecule has 1 nitrogen and oxygen atoms in total. The summed E-state index contributed by atoms with van der Waals surface area (Å²) in [7, 11) is 0. The Hall–Kier alpha value is -0.210. The molecule has 0 aromatic heterocycles. The number of hydrogen-bond acceptors (Lipinski definition) is 1. The lowest BCUT2D eigenvalue weighted by Crippen LogP contribution is -2.37. The van der Waals surface area contributed by atoms with Crippen LogP contribution in [0.5, 0.6) is 0 Å². The summed E-state index contributed by atoms with van der Waals surface area (Å²) in [6.07, 6.45) is 2.53. The van der Waals surface area contributed by atoms with Gasteiger partial charge in [0.25, 0.3) is 0 Å². The Labute approximate surface area is 117 Å². The molecule has 94 valence electrons. The van der Waals surface area contributed by atoms with Crippen LogP contribution in [0.25, 0.3) is 0 Å². The molecular formula is C14H19BrClN. The lowest BCUT2D eigenvalue weighted by molar-refractivity contribution is 0.280. The molecule has 1 aromatic rings. The highest BCUT2D eigenvalue weighted by atomic mass is 79.9. The number of rotatable bonds is 2. The summed E-state index contributed by atoms with van der Waals surface area (Å²) >= 11 is 9.45. The normalized spacial score (nSPS) is 19.4. The van der Waals surface area contributed by atoms with Gasteiger partial charge in [0.05, 0.1) is 0 Å². The van der Waals surface area contributed by atoms with Crippen LogP contribution < -0.4 is 4.90 Å². The molecule has 1 fully saturated rings. The van der Waals surface area contributed by atoms with E-state index in [-0.39, 0.29) is 0 Å². The zero-order chi connectivity index (χ0) is 12.5. The Bertz CT molecular complexity index is 393. The monoisotopic (exact) mass is 315 g/mol. The molecule has 0 N–H and O–H groups in total. The van der Waals surface area contributed by atoms with Crippen molar-refractivity contribution >= 4 is 33.2 Å². The van der Waals surface area contributed by atoms with Crippen LogP contribution in [0.4, 0.5) is 5.69 Å². The van der Waals surface area contributed by atoms with Gasteiger partial charge >= 0.3 is 0 Å². The molecule has 0 bridgehead atoms. The van der Waals surface area contributed by atoms with E-state index in [1.165, 1.54) is 18.5 Å². The molecule has 1 aromatic carbocycles. The highest BCUT2D eigenvalue weighted by molar-refractivity contribution is 9.10. The summed E-state index contributed by atoms with van der Waals surface area (Å²) in [5.41, 5.74) is 2.97. The zero-order valence-corrected chi connectivity index (χ0v) is 12.8. The zero-order valence-electron chi connectivity index (χ0n) is 10.5. The van der Waals surface area contributed by atoms with Crippen molar-refractivity contribution in [3.8, 4) is 0 Å². The summed E-state index contributed by atoms with van der Waals surface area (Å²) in [5, 5.41) is 0. The second-order valence-corrected chi connectivity index (χ2v) is 6.68. The van der Waals surface area contributed by atoms with Gasteiger partial charge in [-0.15, -0.1) is 11.6 Å². The van der Waals surface area contributed by atoms with E-state index in [4.69, 9.17) is 11.6 Å². The van der Waals surface area contributed by atoms with Crippen LogP contribution in [0.3, 0.4) is 0 Å². The molecule has 1 aliphatic rings. The maximum Gasteiger partial charge on any atom is 0.0485 e. The van der Waals surface area contributed by atoms with Gasteiger partial charge in [-0.2, -0.15) is 0 Å². The maximum absolute atomic E-state index is 5.86. The standard InChI is InChI=1S/C14H19BrClN/c1-14(2)5-7-17(8-6-14)12-4-3-11(10-16)13(15)9-12/h3-4,9H,5-8,10H2,1-2H3. The molecule has 17 heavy (non-hydrogen) atoms. The van der Waals surface area contributed by atoms with E-state index in [0.717, 1.165) is 23.1 Å². The molecule has 0 amide bonds. The first kappa shape index (κ1) is 13.2. The summed E-state index contributed by atoms with van der Waals surface area (Å²) in [4.78, 5) is 2.47. The SMILES string of the molecule is CC1(C)CCN(c2ccc(CCl)c(Br)c2)CC1. The molecule has 0 aliphatic carbocycles. The highest BCUT2D eigenvalue weighted by Gasteiger charge is 2.25. The van der Waals surface area contributed by atoms with Gasteiger partial charge in [-0.1, -0.05) is 35.8 Å². The quantitative estimate of drug-likeness (QED) is 0.707. The van der Waals surface area contributed by atoms with Crippen LogP contribution in [0, 0.1) is 5.41 Å². The largest absolute Gasteiger partial charge is 0.371 e. The summed E-state index contributed by atoms with van der Waals surface area (Å²) < 4.78 is 1.12. The predicted octanol–water partition coefficient (Wildman–Crippen LogP) is 4.81. The number of benzene rings is 1. The lowest BCUT2D eigenvalue weighted by atomic mass is 9.82. The molecule has 2 rings (SSSR count). The maximum atomic E-state index is 5.86. The summed E-state index contributed by atoms with van der Waals surface area (Å²) in [6, 6.07) is 6.49. The number of anilines is 1. The van der Waals surface area contributed by atoms with Gasteiger partial charge < -0.3 is 4.90 Å². The van der Waals surface area contributed by atoms with Gasteiger partial charge in [-0.05, 0) is 36.0 Å². The van der Waals surface area contributed by atoms with Gasteiger partial charge in [-0.25, -0.2) is 0 Å². The van der Waals surface area contributed by atoms with Crippen molar-refractivity contribution in [2.24, 2.45) is 5.41 Å². The Kier molecular flexibility index (Phi) is 4.04. The van der Waals surface area contributed by atoms with Crippen LogP contribution in [-0.4, -0.2) is 13.1 Å². The minimum atomic E-state index is 0.504. The van der Waals surface area contributed by atoms with E-state index < -0.39 is 0 Å². The fourth-order valence-electron chi connectivity index (χ4n) is 2.21. The third-order valence-corrected chi connectivity index (χ3v) is 4.69. The van der Waals surface area contributed by atoms with Crippen LogP contribution in [0.15, 0.2) is 22.7 Å². The highest BCUT2D eigenvalue weighted by Crippen LogP contribution is 2.33. The first-order valence-electron chi connectivity index (χ1n) is 6.11. The van der Waals surface area contributed by atoms with E-state index in [0.29, 0.717) is 11.3 Å². The van der Waals surface area contributed by atoms with Gasteiger partial charge in [0.15, 0.2) is 0 Å². The molecule has 1 saturated heterocycles. The molecule has 0 atom stereocenters. The average molecular weight is 317 g/mol. The topological polar surface area (TPSA) is 3.24 Å². The molecule has 1 aliphatic heterocycles. The fourth-order valence-corrected chi connectivity index (χ4v) is 3.11. The first-order chi connectivity index (χ1) is 8.02. The van der Waals surface area contributed by atoms with Gasteiger partial charge in [-0.3, -0.25) is 0 Å². The number of hydrogen-bond donors (Lipinski definition) is 0. The Morgan fingerprint density at radius 2 is 1.94 bits per heavy atom. The second-order valence-electron chi connectivity index (χ2n) is 5.56. The third kappa shape index (κ3) is 3.17. The molecule has 0 saturated carbocycles. The molecule has 1 heterocycles. The van der Waals surface area contributed by atoms with E-state index in [2.05, 4.69) is 52.9 Å². The van der Waals surface area contributed by atoms with Crippen LogP contribution >= 0.6 is 27.5 Å². The summed E-state index contributed by atoms with van der Waals surface area (Å²) in [5.74, 6) is 0.563. The molecule has 0 unspecified atom stereocenters. The second kappa shape index (κ2) is 5.19. The van der Waals surface area contributed by atoms with Crippen LogP contribution in [0.2, 0.25) is 0 Å². The van der Waals surface area contributed by atoms with Gasteiger partial charge in [0, 0.05) is 29.1 Å². The van der Waals surface area contributed by atoms with E-state index in [1.807, 2.05) is 0 Å². The van der Waals surface area contributed by atoms with Crippen molar-refractivity contribution in [2.45, 2.75) is 32.6 Å². The third-order valence-electron chi connectivity index (χ3n) is 3.66. The average Bonchev–Trinajstić information content (AvgIpc) is 2.29. The van der Waals surface area contributed by atoms with Crippen molar-refractivity contribution in [3.63, 3.8) is 0 Å². The number of nitrogens with zero attached hydrogens (tertiary/aromatic N) is 1. The molecule has 0 radical (unpaired) electrons. The minimum absolute atomic E-state index is 0.504. The van der Waals surface area contributed by atoms with E-state index in [9.17, 15) is 0 Å². The Morgan fingerprint density at radius 1 is 1.29 bits per heavy atom. The lowest BCUT2D eigenvalue weighted by Gasteiger charge is -2.38.